The van der Waals surface area contributed by atoms with Crippen LogP contribution in [0.3, 0.4) is 0 Å². The molecule has 0 aliphatic heterocycles. The van der Waals surface area contributed by atoms with E-state index in [9.17, 15) is 0 Å². The molecule has 0 radical (unpaired) electrons. The Bertz CT molecular complexity index is 447. The molecule has 0 amide bonds. The van der Waals surface area contributed by atoms with Crippen molar-refractivity contribution < 1.29 is 9.47 Å². The summed E-state index contributed by atoms with van der Waals surface area (Å²) in [5, 5.41) is 11.0. The molecule has 26 heavy (non-hydrogen) atoms. The highest BCUT2D eigenvalue weighted by Crippen LogP contribution is 2.48. The number of ether oxygens (including phenoxy) is 2. The van der Waals surface area contributed by atoms with Crippen molar-refractivity contribution in [3.63, 3.8) is 0 Å². The van der Waals surface area contributed by atoms with Gasteiger partial charge >= 0.3 is 0 Å². The van der Waals surface area contributed by atoms with E-state index in [1.807, 2.05) is 7.05 Å². The van der Waals surface area contributed by atoms with Crippen LogP contribution in [0, 0.1) is 28.6 Å². The van der Waals surface area contributed by atoms with Gasteiger partial charge in [-0.3, -0.25) is 0 Å². The van der Waals surface area contributed by atoms with Gasteiger partial charge in [0.05, 0.1) is 0 Å². The lowest BCUT2D eigenvalue weighted by molar-refractivity contribution is -0.0406. The van der Waals surface area contributed by atoms with Gasteiger partial charge in [-0.25, -0.2) is 0 Å². The SMILES string of the molecule is CNCCN(C)CC(C=N)=C(N)C1CC(COC)C(C)(C)C(COC)C1. The molecule has 0 heterocycles. The van der Waals surface area contributed by atoms with Crippen LogP contribution in [0.1, 0.15) is 26.7 Å². The van der Waals surface area contributed by atoms with Gasteiger partial charge in [-0.05, 0) is 50.1 Å². The molecule has 6 nitrogen and oxygen atoms in total. The Labute approximate surface area is 160 Å². The van der Waals surface area contributed by atoms with Crippen molar-refractivity contribution in [2.45, 2.75) is 26.7 Å². The Kier molecular flexibility index (Phi) is 9.79. The lowest BCUT2D eigenvalue weighted by Crippen LogP contribution is -2.45. The molecule has 2 atom stereocenters. The minimum atomic E-state index is 0.150. The summed E-state index contributed by atoms with van der Waals surface area (Å²) in [7, 11) is 7.55. The summed E-state index contributed by atoms with van der Waals surface area (Å²) in [5.74, 6) is 1.13. The molecule has 0 saturated heterocycles. The zero-order valence-corrected chi connectivity index (χ0v) is 17.6. The topological polar surface area (TPSA) is 83.6 Å². The molecule has 1 aliphatic rings. The van der Waals surface area contributed by atoms with Crippen molar-refractivity contribution >= 4 is 6.21 Å². The van der Waals surface area contributed by atoms with Crippen LogP contribution in [0.5, 0.6) is 0 Å². The molecule has 0 bridgehead atoms. The van der Waals surface area contributed by atoms with Crippen LogP contribution in [-0.2, 0) is 9.47 Å². The first-order valence-electron chi connectivity index (χ1n) is 9.61. The molecular formula is C20H40N4O2. The highest BCUT2D eigenvalue weighted by molar-refractivity contribution is 5.77. The van der Waals surface area contributed by atoms with E-state index in [1.165, 1.54) is 6.21 Å². The number of rotatable bonds is 11. The third-order valence-corrected chi connectivity index (χ3v) is 6.15. The van der Waals surface area contributed by atoms with Crippen LogP contribution >= 0.6 is 0 Å². The minimum absolute atomic E-state index is 0.150. The third kappa shape index (κ3) is 6.05. The first-order chi connectivity index (χ1) is 12.3. The summed E-state index contributed by atoms with van der Waals surface area (Å²) in [5.41, 5.74) is 8.54. The van der Waals surface area contributed by atoms with E-state index in [0.717, 1.165) is 50.4 Å². The van der Waals surface area contributed by atoms with Crippen molar-refractivity contribution in [1.29, 1.82) is 5.41 Å². The Morgan fingerprint density at radius 2 is 1.77 bits per heavy atom. The van der Waals surface area contributed by atoms with Crippen molar-refractivity contribution in [1.82, 2.24) is 10.2 Å². The molecule has 2 unspecified atom stereocenters. The zero-order chi connectivity index (χ0) is 19.7. The second kappa shape index (κ2) is 11.0. The standard InChI is InChI=1S/C20H40N4O2/c1-20(2)17(13-25-5)9-15(10-18(20)14-26-6)19(22)16(11-21)12-24(4)8-7-23-3/h11,15,17-18,21,23H,7-10,12-14,22H2,1-6H3. The number of allylic oxidation sites excluding steroid dienone is 1. The number of hydrogen-bond acceptors (Lipinski definition) is 6. The Morgan fingerprint density at radius 3 is 2.19 bits per heavy atom. The maximum Gasteiger partial charge on any atom is 0.0495 e. The van der Waals surface area contributed by atoms with E-state index in [-0.39, 0.29) is 11.3 Å². The largest absolute Gasteiger partial charge is 0.402 e. The predicted octanol–water partition coefficient (Wildman–Crippen LogP) is 1.96. The second-order valence-corrected chi connectivity index (χ2v) is 8.26. The predicted molar refractivity (Wildman–Crippen MR) is 109 cm³/mol. The van der Waals surface area contributed by atoms with E-state index in [2.05, 4.69) is 31.1 Å². The van der Waals surface area contributed by atoms with Gasteiger partial charge in [-0.2, -0.15) is 0 Å². The van der Waals surface area contributed by atoms with Gasteiger partial charge in [-0.1, -0.05) is 13.8 Å². The summed E-state index contributed by atoms with van der Waals surface area (Å²) < 4.78 is 11.0. The quantitative estimate of drug-likeness (QED) is 0.486. The van der Waals surface area contributed by atoms with Gasteiger partial charge in [0.25, 0.3) is 0 Å². The van der Waals surface area contributed by atoms with Gasteiger partial charge in [0.2, 0.25) is 0 Å². The smallest absolute Gasteiger partial charge is 0.0495 e. The average Bonchev–Trinajstić information content (AvgIpc) is 2.61. The summed E-state index contributed by atoms with van der Waals surface area (Å²) in [6.07, 6.45) is 3.44. The van der Waals surface area contributed by atoms with Crippen molar-refractivity contribution in [3.05, 3.63) is 11.3 Å². The number of likely N-dealkylation sites (N-methyl/N-ethyl adjacent to an activating group) is 2. The van der Waals surface area contributed by atoms with Gasteiger partial charge in [0, 0.05) is 64.6 Å². The van der Waals surface area contributed by atoms with E-state index in [4.69, 9.17) is 20.6 Å². The molecule has 1 saturated carbocycles. The van der Waals surface area contributed by atoms with E-state index >= 15 is 0 Å². The Morgan fingerprint density at radius 1 is 1.23 bits per heavy atom. The summed E-state index contributed by atoms with van der Waals surface area (Å²) >= 11 is 0. The molecule has 4 N–H and O–H groups in total. The van der Waals surface area contributed by atoms with Gasteiger partial charge in [-0.15, -0.1) is 0 Å². The number of nitrogens with one attached hydrogen (secondary N) is 2. The second-order valence-electron chi connectivity index (χ2n) is 8.26. The first kappa shape index (κ1) is 23.1. The Balaban J connectivity index is 2.99. The summed E-state index contributed by atoms with van der Waals surface area (Å²) in [6, 6.07) is 0. The summed E-state index contributed by atoms with van der Waals surface area (Å²) in [6.45, 7) is 8.67. The molecule has 6 heteroatoms. The van der Waals surface area contributed by atoms with Crippen LogP contribution < -0.4 is 11.1 Å². The lowest BCUT2D eigenvalue weighted by atomic mass is 9.59. The Hall–Kier alpha value is -0.950. The molecule has 152 valence electrons. The number of methoxy groups -OCH3 is 2. The zero-order valence-electron chi connectivity index (χ0n) is 17.6. The molecule has 0 aromatic heterocycles. The van der Waals surface area contributed by atoms with Crippen molar-refractivity contribution in [2.75, 3.05) is 61.2 Å². The van der Waals surface area contributed by atoms with Crippen LogP contribution in [0.25, 0.3) is 0 Å². The van der Waals surface area contributed by atoms with Crippen LogP contribution in [-0.4, -0.2) is 72.3 Å². The van der Waals surface area contributed by atoms with Crippen LogP contribution in [0.4, 0.5) is 0 Å². The normalized spacial score (nSPS) is 26.7. The van der Waals surface area contributed by atoms with Gasteiger partial charge < -0.3 is 30.8 Å². The molecule has 1 rings (SSSR count). The van der Waals surface area contributed by atoms with Crippen molar-refractivity contribution in [2.24, 2.45) is 28.9 Å². The lowest BCUT2D eigenvalue weighted by Gasteiger charge is -2.48. The van der Waals surface area contributed by atoms with E-state index < -0.39 is 0 Å². The molecular weight excluding hydrogens is 328 g/mol. The number of nitrogens with two attached hydrogens (primary N) is 1. The summed E-state index contributed by atoms with van der Waals surface area (Å²) in [4.78, 5) is 2.20. The number of nitrogens with zero attached hydrogens (tertiary/aromatic N) is 1. The fraction of sp³-hybridized carbons (Fsp3) is 0.850. The van der Waals surface area contributed by atoms with Gasteiger partial charge in [0.15, 0.2) is 0 Å². The van der Waals surface area contributed by atoms with E-state index in [1.54, 1.807) is 14.2 Å². The van der Waals surface area contributed by atoms with Crippen molar-refractivity contribution in [3.8, 4) is 0 Å². The van der Waals surface area contributed by atoms with Crippen LogP contribution in [0.15, 0.2) is 11.3 Å². The first-order valence-corrected chi connectivity index (χ1v) is 9.61. The minimum Gasteiger partial charge on any atom is -0.402 e. The molecule has 1 fully saturated rings. The maximum atomic E-state index is 7.87. The van der Waals surface area contributed by atoms with Crippen LogP contribution in [0.2, 0.25) is 0 Å². The fourth-order valence-electron chi connectivity index (χ4n) is 4.10. The average molecular weight is 369 g/mol. The maximum absolute atomic E-state index is 7.87. The van der Waals surface area contributed by atoms with Gasteiger partial charge in [0.1, 0.15) is 0 Å². The highest BCUT2D eigenvalue weighted by atomic mass is 16.5. The van der Waals surface area contributed by atoms with E-state index in [0.29, 0.717) is 18.4 Å². The monoisotopic (exact) mass is 368 g/mol. The number of hydrogen-bond donors (Lipinski definition) is 3. The molecule has 0 aromatic rings. The highest BCUT2D eigenvalue weighted by Gasteiger charge is 2.44. The third-order valence-electron chi connectivity index (χ3n) is 6.15. The fourth-order valence-corrected chi connectivity index (χ4v) is 4.10. The molecule has 0 spiro atoms. The molecule has 1 aliphatic carbocycles. The molecule has 0 aromatic carbocycles.